The van der Waals surface area contributed by atoms with Crippen molar-refractivity contribution >= 4 is 23.2 Å². The van der Waals surface area contributed by atoms with Crippen molar-refractivity contribution in [1.29, 1.82) is 0 Å². The highest BCUT2D eigenvalue weighted by molar-refractivity contribution is 6.36. The zero-order valence-corrected chi connectivity index (χ0v) is 13.4. The summed E-state index contributed by atoms with van der Waals surface area (Å²) >= 11 is 12.3. The number of aliphatic hydroxyl groups is 1. The molecule has 106 valence electrons. The normalized spacial score (nSPS) is 12.5. The smallest absolute Gasteiger partial charge is 0.0859 e. The highest BCUT2D eigenvalue weighted by Crippen LogP contribution is 2.33. The zero-order chi connectivity index (χ0) is 14.9. The molecule has 2 aromatic carbocycles. The second-order valence-corrected chi connectivity index (χ2v) is 6.05. The lowest BCUT2D eigenvalue weighted by molar-refractivity contribution is 0.178. The molecule has 0 aliphatic carbocycles. The topological polar surface area (TPSA) is 20.2 Å². The van der Waals surface area contributed by atoms with E-state index < -0.39 is 6.10 Å². The predicted molar refractivity (Wildman–Crippen MR) is 85.8 cm³/mol. The first-order chi connectivity index (χ1) is 9.40. The van der Waals surface area contributed by atoms with Gasteiger partial charge in [0.05, 0.1) is 6.10 Å². The van der Waals surface area contributed by atoms with Gasteiger partial charge in [0, 0.05) is 22.0 Å². The molecule has 0 fully saturated rings. The molecule has 20 heavy (non-hydrogen) atoms. The highest BCUT2D eigenvalue weighted by Gasteiger charge is 2.17. The molecule has 3 heteroatoms. The van der Waals surface area contributed by atoms with Gasteiger partial charge in [0.1, 0.15) is 0 Å². The Balaban J connectivity index is 2.35. The maximum atomic E-state index is 10.5. The Morgan fingerprint density at radius 1 is 1.00 bits per heavy atom. The number of hydrogen-bond donors (Lipinski definition) is 1. The summed E-state index contributed by atoms with van der Waals surface area (Å²) in [6, 6.07) is 9.54. The summed E-state index contributed by atoms with van der Waals surface area (Å²) in [5.41, 5.74) is 5.36. The van der Waals surface area contributed by atoms with E-state index in [1.165, 1.54) is 16.7 Å². The summed E-state index contributed by atoms with van der Waals surface area (Å²) in [6.07, 6.45) is -0.183. The van der Waals surface area contributed by atoms with Crippen LogP contribution >= 0.6 is 23.2 Å². The van der Waals surface area contributed by atoms with Gasteiger partial charge in [-0.25, -0.2) is 0 Å². The van der Waals surface area contributed by atoms with E-state index in [0.29, 0.717) is 22.0 Å². The fourth-order valence-electron chi connectivity index (χ4n) is 2.66. The fraction of sp³-hybridized carbons (Fsp3) is 0.294. The van der Waals surface area contributed by atoms with Gasteiger partial charge in [-0.05, 0) is 49.6 Å². The molecule has 0 aliphatic heterocycles. The van der Waals surface area contributed by atoms with Gasteiger partial charge in [-0.15, -0.1) is 0 Å². The molecule has 2 aromatic rings. The minimum absolute atomic E-state index is 0.507. The molecule has 0 saturated carbocycles. The molecule has 1 atom stereocenters. The third-order valence-corrected chi connectivity index (χ3v) is 4.23. The Bertz CT molecular complexity index is 592. The number of halogens is 2. The number of hydrogen-bond acceptors (Lipinski definition) is 1. The molecule has 0 aromatic heterocycles. The number of rotatable bonds is 3. The first-order valence-electron chi connectivity index (χ1n) is 6.59. The van der Waals surface area contributed by atoms with Crippen LogP contribution in [0.5, 0.6) is 0 Å². The third kappa shape index (κ3) is 3.17. The van der Waals surface area contributed by atoms with Crippen molar-refractivity contribution < 1.29 is 5.11 Å². The quantitative estimate of drug-likeness (QED) is 0.826. The van der Waals surface area contributed by atoms with Crippen LogP contribution in [0.1, 0.15) is 33.9 Å². The van der Waals surface area contributed by atoms with E-state index in [2.05, 4.69) is 32.9 Å². The maximum absolute atomic E-state index is 10.5. The lowest BCUT2D eigenvalue weighted by Crippen LogP contribution is -2.06. The molecule has 0 bridgehead atoms. The summed E-state index contributed by atoms with van der Waals surface area (Å²) in [5, 5.41) is 11.5. The molecule has 0 saturated heterocycles. The van der Waals surface area contributed by atoms with Gasteiger partial charge in [-0.3, -0.25) is 0 Å². The Morgan fingerprint density at radius 2 is 1.50 bits per heavy atom. The molecular formula is C17H18Cl2O. The Hall–Kier alpha value is -1.02. The number of benzene rings is 2. The molecule has 0 radical (unpaired) electrons. The molecule has 0 amide bonds. The van der Waals surface area contributed by atoms with Crippen LogP contribution < -0.4 is 0 Å². The molecule has 2 rings (SSSR count). The second kappa shape index (κ2) is 6.17. The van der Waals surface area contributed by atoms with Crippen LogP contribution in [0.25, 0.3) is 0 Å². The summed E-state index contributed by atoms with van der Waals surface area (Å²) < 4.78 is 0. The fourth-order valence-corrected chi connectivity index (χ4v) is 3.31. The van der Waals surface area contributed by atoms with Crippen molar-refractivity contribution in [2.45, 2.75) is 33.3 Å². The number of aliphatic hydroxyl groups excluding tert-OH is 1. The van der Waals surface area contributed by atoms with Crippen LogP contribution in [0.4, 0.5) is 0 Å². The van der Waals surface area contributed by atoms with Crippen molar-refractivity contribution in [2.24, 2.45) is 0 Å². The standard InChI is InChI=1S/C17H18Cl2O/c1-10-7-11(2)13(12(3)8-10)9-16(20)17-14(18)5-4-6-15(17)19/h4-8,16,20H,9H2,1-3H3. The van der Waals surface area contributed by atoms with Gasteiger partial charge in [0.25, 0.3) is 0 Å². The van der Waals surface area contributed by atoms with Gasteiger partial charge in [-0.2, -0.15) is 0 Å². The SMILES string of the molecule is Cc1cc(C)c(CC(O)c2c(Cl)cccc2Cl)c(C)c1. The van der Waals surface area contributed by atoms with Crippen molar-refractivity contribution in [2.75, 3.05) is 0 Å². The van der Waals surface area contributed by atoms with Crippen LogP contribution in [0.3, 0.4) is 0 Å². The van der Waals surface area contributed by atoms with Crippen LogP contribution in [0, 0.1) is 20.8 Å². The minimum Gasteiger partial charge on any atom is -0.388 e. The van der Waals surface area contributed by atoms with E-state index in [0.717, 1.165) is 5.56 Å². The van der Waals surface area contributed by atoms with E-state index in [9.17, 15) is 5.11 Å². The van der Waals surface area contributed by atoms with E-state index in [1.807, 2.05) is 0 Å². The van der Waals surface area contributed by atoms with E-state index in [4.69, 9.17) is 23.2 Å². The first-order valence-corrected chi connectivity index (χ1v) is 7.34. The van der Waals surface area contributed by atoms with Crippen LogP contribution in [0.2, 0.25) is 10.0 Å². The van der Waals surface area contributed by atoms with Crippen LogP contribution in [-0.4, -0.2) is 5.11 Å². The van der Waals surface area contributed by atoms with Crippen molar-refractivity contribution in [3.63, 3.8) is 0 Å². The first kappa shape index (κ1) is 15.4. The molecule has 1 nitrogen and oxygen atoms in total. The average Bonchev–Trinajstić information content (AvgIpc) is 2.33. The second-order valence-electron chi connectivity index (χ2n) is 5.23. The summed E-state index contributed by atoms with van der Waals surface area (Å²) in [7, 11) is 0. The molecule has 1 N–H and O–H groups in total. The molecular weight excluding hydrogens is 291 g/mol. The summed E-state index contributed by atoms with van der Waals surface area (Å²) in [4.78, 5) is 0. The van der Waals surface area contributed by atoms with E-state index in [-0.39, 0.29) is 0 Å². The molecule has 1 unspecified atom stereocenters. The zero-order valence-electron chi connectivity index (χ0n) is 11.9. The van der Waals surface area contributed by atoms with E-state index in [1.54, 1.807) is 18.2 Å². The predicted octanol–water partition coefficient (Wildman–Crippen LogP) is 5.19. The summed E-state index contributed by atoms with van der Waals surface area (Å²) in [6.45, 7) is 6.21. The molecule has 0 spiro atoms. The summed E-state index contributed by atoms with van der Waals surface area (Å²) in [5.74, 6) is 0. The van der Waals surface area contributed by atoms with Gasteiger partial charge in [0.15, 0.2) is 0 Å². The van der Waals surface area contributed by atoms with Gasteiger partial charge in [-0.1, -0.05) is 47.0 Å². The number of aryl methyl sites for hydroxylation is 3. The van der Waals surface area contributed by atoms with Crippen molar-refractivity contribution in [3.05, 3.63) is 68.2 Å². The third-order valence-electron chi connectivity index (χ3n) is 3.57. The van der Waals surface area contributed by atoms with Gasteiger partial charge >= 0.3 is 0 Å². The lowest BCUT2D eigenvalue weighted by Gasteiger charge is -2.18. The van der Waals surface area contributed by atoms with Crippen molar-refractivity contribution in [3.8, 4) is 0 Å². The Kier molecular flexibility index (Phi) is 4.74. The highest BCUT2D eigenvalue weighted by atomic mass is 35.5. The van der Waals surface area contributed by atoms with Crippen LogP contribution in [-0.2, 0) is 6.42 Å². The average molecular weight is 309 g/mol. The largest absolute Gasteiger partial charge is 0.388 e. The van der Waals surface area contributed by atoms with Gasteiger partial charge in [0.2, 0.25) is 0 Å². The van der Waals surface area contributed by atoms with Gasteiger partial charge < -0.3 is 5.11 Å². The van der Waals surface area contributed by atoms with Crippen molar-refractivity contribution in [1.82, 2.24) is 0 Å². The Labute approximate surface area is 130 Å². The Morgan fingerprint density at radius 3 is 2.00 bits per heavy atom. The van der Waals surface area contributed by atoms with E-state index >= 15 is 0 Å². The molecule has 0 aliphatic rings. The monoisotopic (exact) mass is 308 g/mol. The lowest BCUT2D eigenvalue weighted by atomic mass is 9.93. The maximum Gasteiger partial charge on any atom is 0.0859 e. The molecule has 0 heterocycles. The minimum atomic E-state index is -0.698. The van der Waals surface area contributed by atoms with Crippen LogP contribution in [0.15, 0.2) is 30.3 Å².